The molecule has 0 spiro atoms. The van der Waals surface area contributed by atoms with E-state index < -0.39 is 0 Å². The largest absolute Gasteiger partial charge is 0.327 e. The van der Waals surface area contributed by atoms with E-state index in [-0.39, 0.29) is 0 Å². The van der Waals surface area contributed by atoms with Crippen molar-refractivity contribution in [3.05, 3.63) is 30.1 Å². The van der Waals surface area contributed by atoms with Crippen molar-refractivity contribution in [1.82, 2.24) is 14.9 Å². The quantitative estimate of drug-likeness (QED) is 0.878. The zero-order chi connectivity index (χ0) is 12.5. The molecule has 3 heteroatoms. The van der Waals surface area contributed by atoms with Crippen LogP contribution in [0.15, 0.2) is 24.3 Å². The zero-order valence-corrected chi connectivity index (χ0v) is 11.2. The summed E-state index contributed by atoms with van der Waals surface area (Å²) in [6.07, 6.45) is 2.48. The lowest BCUT2D eigenvalue weighted by atomic mass is 9.94. The number of imidazole rings is 1. The van der Waals surface area contributed by atoms with Crippen LogP contribution in [-0.4, -0.2) is 16.1 Å². The van der Waals surface area contributed by atoms with Crippen LogP contribution < -0.4 is 5.32 Å². The van der Waals surface area contributed by atoms with Crippen LogP contribution in [0.2, 0.25) is 0 Å². The lowest BCUT2D eigenvalue weighted by Gasteiger charge is -2.28. The minimum absolute atomic E-state index is 0.418. The first-order valence-corrected chi connectivity index (χ1v) is 6.98. The summed E-state index contributed by atoms with van der Waals surface area (Å²) in [6.45, 7) is 6.64. The molecule has 1 aliphatic rings. The van der Waals surface area contributed by atoms with Gasteiger partial charge >= 0.3 is 0 Å². The monoisotopic (exact) mass is 243 g/mol. The predicted molar refractivity (Wildman–Crippen MR) is 74.5 cm³/mol. The Morgan fingerprint density at radius 1 is 1.39 bits per heavy atom. The van der Waals surface area contributed by atoms with Crippen molar-refractivity contribution in [2.75, 3.05) is 6.54 Å². The highest BCUT2D eigenvalue weighted by Gasteiger charge is 2.24. The third-order valence-corrected chi connectivity index (χ3v) is 3.98. The van der Waals surface area contributed by atoms with Gasteiger partial charge in [-0.15, -0.1) is 0 Å². The SMILES string of the molecule is CCn1c(C2CC(C)CCN2)nc2ccccc21. The fraction of sp³-hybridized carbons (Fsp3) is 0.533. The highest BCUT2D eigenvalue weighted by molar-refractivity contribution is 5.76. The Bertz CT molecular complexity index is 544. The van der Waals surface area contributed by atoms with E-state index in [0.717, 1.165) is 24.5 Å². The Morgan fingerprint density at radius 3 is 3.00 bits per heavy atom. The summed E-state index contributed by atoms with van der Waals surface area (Å²) in [5.41, 5.74) is 2.38. The van der Waals surface area contributed by atoms with Crippen LogP contribution >= 0.6 is 0 Å². The number of rotatable bonds is 2. The van der Waals surface area contributed by atoms with E-state index in [1.54, 1.807) is 0 Å². The van der Waals surface area contributed by atoms with Crippen LogP contribution in [0.4, 0.5) is 0 Å². The third-order valence-electron chi connectivity index (χ3n) is 3.98. The van der Waals surface area contributed by atoms with Crippen molar-refractivity contribution in [2.45, 2.75) is 39.3 Å². The first kappa shape index (κ1) is 11.7. The molecule has 1 saturated heterocycles. The van der Waals surface area contributed by atoms with Gasteiger partial charge in [-0.2, -0.15) is 0 Å². The molecular formula is C15H21N3. The number of aromatic nitrogens is 2. The summed E-state index contributed by atoms with van der Waals surface area (Å²) in [5, 5.41) is 3.62. The standard InChI is InChI=1S/C15H21N3/c1-3-18-14-7-5-4-6-12(14)17-15(18)13-10-11(2)8-9-16-13/h4-7,11,13,16H,3,8-10H2,1-2H3. The summed E-state index contributed by atoms with van der Waals surface area (Å²) in [5.74, 6) is 2.01. The second kappa shape index (κ2) is 4.73. The van der Waals surface area contributed by atoms with E-state index in [2.05, 4.69) is 48.0 Å². The van der Waals surface area contributed by atoms with Gasteiger partial charge in [-0.05, 0) is 44.4 Å². The van der Waals surface area contributed by atoms with Crippen LogP contribution in [-0.2, 0) is 6.54 Å². The number of fused-ring (bicyclic) bond motifs is 1. The second-order valence-corrected chi connectivity index (χ2v) is 5.34. The van der Waals surface area contributed by atoms with Gasteiger partial charge in [-0.3, -0.25) is 0 Å². The Morgan fingerprint density at radius 2 is 2.22 bits per heavy atom. The van der Waals surface area contributed by atoms with Crippen LogP contribution in [0, 0.1) is 5.92 Å². The first-order valence-electron chi connectivity index (χ1n) is 6.98. The molecule has 1 N–H and O–H groups in total. The maximum Gasteiger partial charge on any atom is 0.127 e. The van der Waals surface area contributed by atoms with Crippen molar-refractivity contribution in [3.63, 3.8) is 0 Å². The number of piperidine rings is 1. The molecule has 18 heavy (non-hydrogen) atoms. The normalized spacial score (nSPS) is 24.6. The number of benzene rings is 1. The summed E-state index contributed by atoms with van der Waals surface area (Å²) in [6, 6.07) is 8.85. The maximum absolute atomic E-state index is 4.84. The molecule has 2 unspecified atom stereocenters. The van der Waals surface area contributed by atoms with Crippen molar-refractivity contribution in [1.29, 1.82) is 0 Å². The molecule has 0 bridgehead atoms. The molecule has 1 aromatic carbocycles. The molecule has 0 saturated carbocycles. The molecule has 2 heterocycles. The average Bonchev–Trinajstić information content (AvgIpc) is 2.77. The molecule has 96 valence electrons. The van der Waals surface area contributed by atoms with E-state index in [1.165, 1.54) is 24.2 Å². The van der Waals surface area contributed by atoms with Gasteiger partial charge in [0.1, 0.15) is 5.82 Å². The summed E-state index contributed by atoms with van der Waals surface area (Å²) in [4.78, 5) is 4.84. The number of hydrogen-bond acceptors (Lipinski definition) is 2. The van der Waals surface area contributed by atoms with Crippen molar-refractivity contribution < 1.29 is 0 Å². The lowest BCUT2D eigenvalue weighted by Crippen LogP contribution is -2.32. The van der Waals surface area contributed by atoms with E-state index in [4.69, 9.17) is 4.98 Å². The van der Waals surface area contributed by atoms with Gasteiger partial charge in [0.05, 0.1) is 17.1 Å². The fourth-order valence-corrected chi connectivity index (χ4v) is 3.00. The van der Waals surface area contributed by atoms with E-state index in [1.807, 2.05) is 0 Å². The molecule has 2 atom stereocenters. The molecule has 0 amide bonds. The molecule has 3 rings (SSSR count). The van der Waals surface area contributed by atoms with Gasteiger partial charge in [0.15, 0.2) is 0 Å². The third kappa shape index (κ3) is 1.93. The number of nitrogens with one attached hydrogen (secondary N) is 1. The number of nitrogens with zero attached hydrogens (tertiary/aromatic N) is 2. The molecule has 1 fully saturated rings. The molecule has 1 aromatic heterocycles. The molecular weight excluding hydrogens is 222 g/mol. The topological polar surface area (TPSA) is 29.9 Å². The summed E-state index contributed by atoms with van der Waals surface area (Å²) < 4.78 is 2.35. The van der Waals surface area contributed by atoms with Gasteiger partial charge < -0.3 is 9.88 Å². The highest BCUT2D eigenvalue weighted by atomic mass is 15.1. The molecule has 1 aliphatic heterocycles. The van der Waals surface area contributed by atoms with E-state index >= 15 is 0 Å². The van der Waals surface area contributed by atoms with Crippen LogP contribution in [0.1, 0.15) is 38.6 Å². The van der Waals surface area contributed by atoms with Crippen LogP contribution in [0.5, 0.6) is 0 Å². The minimum Gasteiger partial charge on any atom is -0.327 e. The molecule has 0 aliphatic carbocycles. The zero-order valence-electron chi connectivity index (χ0n) is 11.2. The smallest absolute Gasteiger partial charge is 0.127 e. The minimum atomic E-state index is 0.418. The van der Waals surface area contributed by atoms with Crippen LogP contribution in [0.25, 0.3) is 11.0 Å². The lowest BCUT2D eigenvalue weighted by molar-refractivity contribution is 0.311. The van der Waals surface area contributed by atoms with Gasteiger partial charge in [-0.25, -0.2) is 4.98 Å². The van der Waals surface area contributed by atoms with Gasteiger partial charge in [0.25, 0.3) is 0 Å². The Labute approximate surface area is 108 Å². The summed E-state index contributed by atoms with van der Waals surface area (Å²) >= 11 is 0. The average molecular weight is 243 g/mol. The predicted octanol–water partition coefficient (Wildman–Crippen LogP) is 3.12. The van der Waals surface area contributed by atoms with E-state index in [0.29, 0.717) is 6.04 Å². The molecule has 3 nitrogen and oxygen atoms in total. The first-order chi connectivity index (χ1) is 8.79. The highest BCUT2D eigenvalue weighted by Crippen LogP contribution is 2.28. The van der Waals surface area contributed by atoms with Crippen molar-refractivity contribution in [2.24, 2.45) is 5.92 Å². The summed E-state index contributed by atoms with van der Waals surface area (Å²) in [7, 11) is 0. The molecule has 0 radical (unpaired) electrons. The van der Waals surface area contributed by atoms with E-state index in [9.17, 15) is 0 Å². The number of hydrogen-bond donors (Lipinski definition) is 1. The number of para-hydroxylation sites is 2. The Kier molecular flexibility index (Phi) is 3.08. The van der Waals surface area contributed by atoms with Gasteiger partial charge in [-0.1, -0.05) is 19.1 Å². The fourth-order valence-electron chi connectivity index (χ4n) is 3.00. The van der Waals surface area contributed by atoms with Gasteiger partial charge in [0, 0.05) is 6.54 Å². The van der Waals surface area contributed by atoms with Crippen molar-refractivity contribution in [3.8, 4) is 0 Å². The second-order valence-electron chi connectivity index (χ2n) is 5.34. The van der Waals surface area contributed by atoms with Crippen LogP contribution in [0.3, 0.4) is 0 Å². The van der Waals surface area contributed by atoms with Crippen molar-refractivity contribution >= 4 is 11.0 Å². The number of aryl methyl sites for hydroxylation is 1. The Balaban J connectivity index is 2.05. The van der Waals surface area contributed by atoms with Gasteiger partial charge in [0.2, 0.25) is 0 Å². The molecule has 2 aromatic rings. The Hall–Kier alpha value is -1.35. The maximum atomic E-state index is 4.84.